The molecule has 114 valence electrons. The lowest BCUT2D eigenvalue weighted by Crippen LogP contribution is -2.31. The summed E-state index contributed by atoms with van der Waals surface area (Å²) in [5.74, 6) is 1.01. The fourth-order valence-corrected chi connectivity index (χ4v) is 2.50. The van der Waals surface area contributed by atoms with Crippen LogP contribution in [0.15, 0.2) is 18.2 Å². The maximum absolute atomic E-state index is 12.1. The number of hydrogen-bond donors (Lipinski definition) is 1. The van der Waals surface area contributed by atoms with Gasteiger partial charge in [-0.05, 0) is 25.0 Å². The second kappa shape index (κ2) is 6.67. The maximum Gasteiger partial charge on any atom is 0.240 e. The van der Waals surface area contributed by atoms with Crippen LogP contribution < -0.4 is 5.32 Å². The summed E-state index contributed by atoms with van der Waals surface area (Å²) in [6, 6.07) is 5.52. The van der Waals surface area contributed by atoms with E-state index in [2.05, 4.69) is 24.1 Å². The number of alkyl halides is 1. The van der Waals surface area contributed by atoms with Gasteiger partial charge >= 0.3 is 0 Å². The Bertz CT molecular complexity index is 650. The number of aromatic nitrogens is 2. The Morgan fingerprint density at radius 2 is 2.10 bits per heavy atom. The third-order valence-corrected chi connectivity index (χ3v) is 3.62. The quantitative estimate of drug-likeness (QED) is 0.850. The van der Waals surface area contributed by atoms with E-state index in [0.29, 0.717) is 28.8 Å². The van der Waals surface area contributed by atoms with Crippen molar-refractivity contribution in [2.24, 2.45) is 5.92 Å². The predicted molar refractivity (Wildman–Crippen MR) is 86.9 cm³/mol. The first-order valence-corrected chi connectivity index (χ1v) is 7.77. The van der Waals surface area contributed by atoms with Crippen molar-refractivity contribution in [1.82, 2.24) is 14.9 Å². The minimum atomic E-state index is -0.300. The summed E-state index contributed by atoms with van der Waals surface area (Å²) in [4.78, 5) is 16.6. The Morgan fingerprint density at radius 3 is 2.71 bits per heavy atom. The zero-order chi connectivity index (χ0) is 15.6. The average molecular weight is 328 g/mol. The summed E-state index contributed by atoms with van der Waals surface area (Å²) >= 11 is 12.4. The Labute approximate surface area is 134 Å². The molecule has 1 aromatic carbocycles. The van der Waals surface area contributed by atoms with E-state index < -0.39 is 0 Å². The van der Waals surface area contributed by atoms with Crippen LogP contribution in [0.1, 0.15) is 32.0 Å². The average Bonchev–Trinajstić information content (AvgIpc) is 2.77. The zero-order valence-electron chi connectivity index (χ0n) is 12.4. The molecule has 0 radical (unpaired) electrons. The SMILES string of the molecule is CC(C)CNC(=O)Cn1c(C(C)Cl)nc2c(Cl)cccc21. The van der Waals surface area contributed by atoms with Crippen LogP contribution in [0.4, 0.5) is 0 Å². The number of carbonyl (C=O) groups excluding carboxylic acids is 1. The molecule has 0 aliphatic heterocycles. The van der Waals surface area contributed by atoms with Gasteiger partial charge in [0.1, 0.15) is 17.9 Å². The number of benzene rings is 1. The van der Waals surface area contributed by atoms with Gasteiger partial charge in [0.05, 0.1) is 15.9 Å². The molecule has 1 N–H and O–H groups in total. The highest BCUT2D eigenvalue weighted by Gasteiger charge is 2.18. The molecule has 4 nitrogen and oxygen atoms in total. The van der Waals surface area contributed by atoms with E-state index >= 15 is 0 Å². The molecule has 0 aliphatic carbocycles. The molecule has 21 heavy (non-hydrogen) atoms. The van der Waals surface area contributed by atoms with Crippen molar-refractivity contribution in [2.45, 2.75) is 32.7 Å². The molecule has 0 saturated heterocycles. The Morgan fingerprint density at radius 1 is 1.38 bits per heavy atom. The lowest BCUT2D eigenvalue weighted by atomic mass is 10.2. The summed E-state index contributed by atoms with van der Waals surface area (Å²) in [6.45, 7) is 6.78. The largest absolute Gasteiger partial charge is 0.354 e. The monoisotopic (exact) mass is 327 g/mol. The Kier molecular flexibility index (Phi) is 5.12. The van der Waals surface area contributed by atoms with Gasteiger partial charge in [-0.25, -0.2) is 4.98 Å². The highest BCUT2D eigenvalue weighted by molar-refractivity contribution is 6.35. The summed E-state index contributed by atoms with van der Waals surface area (Å²) < 4.78 is 1.83. The van der Waals surface area contributed by atoms with Crippen LogP contribution in [-0.4, -0.2) is 22.0 Å². The van der Waals surface area contributed by atoms with Gasteiger partial charge < -0.3 is 9.88 Å². The Balaban J connectivity index is 2.35. The maximum atomic E-state index is 12.1. The highest BCUT2D eigenvalue weighted by atomic mass is 35.5. The van der Waals surface area contributed by atoms with E-state index in [1.165, 1.54) is 0 Å². The van der Waals surface area contributed by atoms with Gasteiger partial charge in [-0.15, -0.1) is 11.6 Å². The second-order valence-electron chi connectivity index (χ2n) is 5.48. The summed E-state index contributed by atoms with van der Waals surface area (Å²) in [5, 5.41) is 3.16. The third kappa shape index (κ3) is 3.69. The van der Waals surface area contributed by atoms with Crippen LogP contribution in [0.25, 0.3) is 11.0 Å². The summed E-state index contributed by atoms with van der Waals surface area (Å²) in [6.07, 6.45) is 0. The Hall–Kier alpha value is -1.26. The lowest BCUT2D eigenvalue weighted by molar-refractivity contribution is -0.121. The number of imidazole rings is 1. The van der Waals surface area contributed by atoms with Crippen molar-refractivity contribution in [3.8, 4) is 0 Å². The molecule has 2 rings (SSSR count). The molecule has 0 spiro atoms. The number of para-hydroxylation sites is 1. The van der Waals surface area contributed by atoms with Gasteiger partial charge in [0, 0.05) is 6.54 Å². The first-order valence-electron chi connectivity index (χ1n) is 6.95. The predicted octanol–water partition coefficient (Wildman–Crippen LogP) is 3.76. The number of nitrogens with zero attached hydrogens (tertiary/aromatic N) is 2. The number of amides is 1. The molecule has 1 aromatic heterocycles. The molecule has 0 saturated carbocycles. The molecule has 1 heterocycles. The van der Waals surface area contributed by atoms with Crippen LogP contribution in [0.2, 0.25) is 5.02 Å². The lowest BCUT2D eigenvalue weighted by Gasteiger charge is -2.12. The topological polar surface area (TPSA) is 46.9 Å². The number of halogens is 2. The summed E-state index contributed by atoms with van der Waals surface area (Å²) in [7, 11) is 0. The molecule has 1 unspecified atom stereocenters. The van der Waals surface area contributed by atoms with Crippen LogP contribution >= 0.6 is 23.2 Å². The van der Waals surface area contributed by atoms with E-state index in [1.807, 2.05) is 23.6 Å². The number of fused-ring (bicyclic) bond motifs is 1. The van der Waals surface area contributed by atoms with E-state index in [0.717, 1.165) is 5.52 Å². The van der Waals surface area contributed by atoms with Gasteiger partial charge in [-0.3, -0.25) is 4.79 Å². The number of hydrogen-bond acceptors (Lipinski definition) is 2. The molecule has 1 amide bonds. The number of rotatable bonds is 5. The van der Waals surface area contributed by atoms with Crippen LogP contribution in [0.3, 0.4) is 0 Å². The standard InChI is InChI=1S/C15H19Cl2N3O/c1-9(2)7-18-13(21)8-20-12-6-4-5-11(17)14(12)19-15(20)10(3)16/h4-6,9-10H,7-8H2,1-3H3,(H,18,21). The molecule has 2 aromatic rings. The van der Waals surface area contributed by atoms with Crippen molar-refractivity contribution >= 4 is 40.1 Å². The van der Waals surface area contributed by atoms with Crippen molar-refractivity contribution in [3.05, 3.63) is 29.0 Å². The van der Waals surface area contributed by atoms with Gasteiger partial charge in [-0.1, -0.05) is 31.5 Å². The third-order valence-electron chi connectivity index (χ3n) is 3.12. The van der Waals surface area contributed by atoms with Crippen LogP contribution in [0.5, 0.6) is 0 Å². The number of carbonyl (C=O) groups is 1. The van der Waals surface area contributed by atoms with Gasteiger partial charge in [-0.2, -0.15) is 0 Å². The molecular formula is C15H19Cl2N3O. The molecule has 0 aliphatic rings. The molecular weight excluding hydrogens is 309 g/mol. The molecule has 1 atom stereocenters. The fourth-order valence-electron chi connectivity index (χ4n) is 2.12. The van der Waals surface area contributed by atoms with Crippen LogP contribution in [0, 0.1) is 5.92 Å². The smallest absolute Gasteiger partial charge is 0.240 e. The molecule has 0 fully saturated rings. The van der Waals surface area contributed by atoms with E-state index in [-0.39, 0.29) is 17.8 Å². The van der Waals surface area contributed by atoms with Crippen molar-refractivity contribution in [1.29, 1.82) is 0 Å². The van der Waals surface area contributed by atoms with E-state index in [9.17, 15) is 4.79 Å². The van der Waals surface area contributed by atoms with Gasteiger partial charge in [0.2, 0.25) is 5.91 Å². The van der Waals surface area contributed by atoms with E-state index in [4.69, 9.17) is 23.2 Å². The van der Waals surface area contributed by atoms with Crippen molar-refractivity contribution in [2.75, 3.05) is 6.54 Å². The summed E-state index contributed by atoms with van der Waals surface area (Å²) in [5.41, 5.74) is 1.50. The first kappa shape index (κ1) is 16.1. The minimum Gasteiger partial charge on any atom is -0.354 e. The minimum absolute atomic E-state index is 0.0541. The normalized spacial score (nSPS) is 12.9. The fraction of sp³-hybridized carbons (Fsp3) is 0.467. The van der Waals surface area contributed by atoms with Crippen LogP contribution in [-0.2, 0) is 11.3 Å². The highest BCUT2D eigenvalue weighted by Crippen LogP contribution is 2.28. The zero-order valence-corrected chi connectivity index (χ0v) is 13.9. The number of nitrogens with one attached hydrogen (secondary N) is 1. The molecule has 0 bridgehead atoms. The van der Waals surface area contributed by atoms with Crippen molar-refractivity contribution in [3.63, 3.8) is 0 Å². The van der Waals surface area contributed by atoms with Gasteiger partial charge in [0.25, 0.3) is 0 Å². The second-order valence-corrected chi connectivity index (χ2v) is 6.54. The molecule has 6 heteroatoms. The van der Waals surface area contributed by atoms with Crippen molar-refractivity contribution < 1.29 is 4.79 Å². The first-order chi connectivity index (χ1) is 9.90. The van der Waals surface area contributed by atoms with Gasteiger partial charge in [0.15, 0.2) is 0 Å². The van der Waals surface area contributed by atoms with E-state index in [1.54, 1.807) is 6.07 Å².